The molecule has 2 rings (SSSR count). The molecule has 21 heavy (non-hydrogen) atoms. The summed E-state index contributed by atoms with van der Waals surface area (Å²) in [6, 6.07) is 6.39. The third kappa shape index (κ3) is 4.55. The molecule has 1 heterocycles. The first-order valence-corrected chi connectivity index (χ1v) is 7.82. The predicted molar refractivity (Wildman–Crippen MR) is 85.5 cm³/mol. The van der Waals surface area contributed by atoms with Gasteiger partial charge in [-0.25, -0.2) is 0 Å². The lowest BCUT2D eigenvalue weighted by Gasteiger charge is -2.34. The molecular formula is C17H26N2O2. The van der Waals surface area contributed by atoms with E-state index >= 15 is 0 Å². The second kappa shape index (κ2) is 7.57. The Morgan fingerprint density at radius 3 is 2.90 bits per heavy atom. The van der Waals surface area contributed by atoms with Crippen molar-refractivity contribution in [3.63, 3.8) is 0 Å². The van der Waals surface area contributed by atoms with Crippen molar-refractivity contribution in [3.05, 3.63) is 29.3 Å². The van der Waals surface area contributed by atoms with Gasteiger partial charge in [0.15, 0.2) is 0 Å². The van der Waals surface area contributed by atoms with Crippen LogP contribution in [0.2, 0.25) is 0 Å². The Kier molecular flexibility index (Phi) is 5.76. The first-order valence-electron chi connectivity index (χ1n) is 7.82. The number of carbonyl (C=O) groups is 1. The van der Waals surface area contributed by atoms with Crippen LogP contribution in [0.5, 0.6) is 0 Å². The molecule has 1 unspecified atom stereocenters. The van der Waals surface area contributed by atoms with E-state index in [1.165, 1.54) is 12.0 Å². The van der Waals surface area contributed by atoms with E-state index in [1.807, 2.05) is 26.0 Å². The van der Waals surface area contributed by atoms with Gasteiger partial charge in [-0.1, -0.05) is 24.1 Å². The normalized spacial score (nSPS) is 19.5. The number of hydrogen-bond donors (Lipinski definition) is 2. The summed E-state index contributed by atoms with van der Waals surface area (Å²) in [5.74, 6) is 0.0341. The molecule has 1 aromatic rings. The number of piperidine rings is 1. The van der Waals surface area contributed by atoms with Gasteiger partial charge >= 0.3 is 0 Å². The highest BCUT2D eigenvalue weighted by atomic mass is 16.3. The maximum atomic E-state index is 12.3. The summed E-state index contributed by atoms with van der Waals surface area (Å²) in [4.78, 5) is 14.5. The molecule has 1 fully saturated rings. The van der Waals surface area contributed by atoms with Gasteiger partial charge in [0.2, 0.25) is 5.91 Å². The lowest BCUT2D eigenvalue weighted by molar-refractivity contribution is -0.118. The number of amides is 1. The van der Waals surface area contributed by atoms with Gasteiger partial charge in [-0.05, 0) is 51.3 Å². The molecule has 4 heteroatoms. The molecule has 0 radical (unpaired) electrons. The SMILES string of the molecule is Cc1ccc(NC(=O)CN2CCCCC2CCO)c(C)c1. The fraction of sp³-hybridized carbons (Fsp3) is 0.588. The van der Waals surface area contributed by atoms with Gasteiger partial charge in [-0.15, -0.1) is 0 Å². The van der Waals surface area contributed by atoms with Gasteiger partial charge < -0.3 is 10.4 Å². The summed E-state index contributed by atoms with van der Waals surface area (Å²) in [5.41, 5.74) is 3.18. The van der Waals surface area contributed by atoms with E-state index in [4.69, 9.17) is 5.11 Å². The van der Waals surface area contributed by atoms with Crippen molar-refractivity contribution < 1.29 is 9.90 Å². The van der Waals surface area contributed by atoms with Crippen molar-refractivity contribution >= 4 is 11.6 Å². The number of benzene rings is 1. The highest BCUT2D eigenvalue weighted by molar-refractivity contribution is 5.93. The van der Waals surface area contributed by atoms with Crippen LogP contribution < -0.4 is 5.32 Å². The smallest absolute Gasteiger partial charge is 0.238 e. The Bertz CT molecular complexity index is 486. The van der Waals surface area contributed by atoms with E-state index in [-0.39, 0.29) is 12.5 Å². The van der Waals surface area contributed by atoms with Crippen molar-refractivity contribution in [2.45, 2.75) is 45.6 Å². The molecule has 0 saturated carbocycles. The fourth-order valence-electron chi connectivity index (χ4n) is 3.07. The molecule has 2 N–H and O–H groups in total. The van der Waals surface area contributed by atoms with Crippen LogP contribution in [-0.4, -0.2) is 41.7 Å². The van der Waals surface area contributed by atoms with Crippen LogP contribution in [0.25, 0.3) is 0 Å². The average molecular weight is 290 g/mol. The molecule has 1 saturated heterocycles. The summed E-state index contributed by atoms with van der Waals surface area (Å²) in [5, 5.41) is 12.1. The number of rotatable bonds is 5. The van der Waals surface area contributed by atoms with Gasteiger partial charge in [0, 0.05) is 18.3 Å². The molecule has 4 nitrogen and oxygen atoms in total. The number of hydrogen-bond acceptors (Lipinski definition) is 3. The standard InChI is InChI=1S/C17H26N2O2/c1-13-6-7-16(14(2)11-13)18-17(21)12-19-9-4-3-5-15(19)8-10-20/h6-7,11,15,20H,3-5,8-10,12H2,1-2H3,(H,18,21). The van der Waals surface area contributed by atoms with Crippen molar-refractivity contribution in [2.75, 3.05) is 25.0 Å². The number of nitrogens with zero attached hydrogens (tertiary/aromatic N) is 1. The molecule has 0 spiro atoms. The summed E-state index contributed by atoms with van der Waals surface area (Å²) in [6.45, 7) is 5.62. The predicted octanol–water partition coefficient (Wildman–Crippen LogP) is 2.48. The molecule has 0 aliphatic carbocycles. The maximum Gasteiger partial charge on any atom is 0.238 e. The molecule has 1 amide bonds. The quantitative estimate of drug-likeness (QED) is 0.876. The lowest BCUT2D eigenvalue weighted by atomic mass is 9.99. The summed E-state index contributed by atoms with van der Waals surface area (Å²) >= 11 is 0. The van der Waals surface area contributed by atoms with E-state index in [0.29, 0.717) is 12.6 Å². The van der Waals surface area contributed by atoms with Crippen molar-refractivity contribution in [1.82, 2.24) is 4.90 Å². The molecule has 1 aliphatic rings. The number of aliphatic hydroxyl groups excluding tert-OH is 1. The number of nitrogens with one attached hydrogen (secondary N) is 1. The zero-order chi connectivity index (χ0) is 15.2. The van der Waals surface area contributed by atoms with Crippen molar-refractivity contribution in [2.24, 2.45) is 0 Å². The van der Waals surface area contributed by atoms with Crippen LogP contribution in [0.4, 0.5) is 5.69 Å². The largest absolute Gasteiger partial charge is 0.396 e. The lowest BCUT2D eigenvalue weighted by Crippen LogP contribution is -2.44. The first-order chi connectivity index (χ1) is 10.1. The second-order valence-corrected chi connectivity index (χ2v) is 6.00. The third-order valence-corrected chi connectivity index (χ3v) is 4.21. The molecule has 1 aromatic carbocycles. The van der Waals surface area contributed by atoms with E-state index < -0.39 is 0 Å². The Morgan fingerprint density at radius 1 is 1.38 bits per heavy atom. The van der Waals surface area contributed by atoms with Crippen LogP contribution >= 0.6 is 0 Å². The zero-order valence-corrected chi connectivity index (χ0v) is 13.1. The Hall–Kier alpha value is -1.39. The minimum Gasteiger partial charge on any atom is -0.396 e. The Labute approximate surface area is 127 Å². The summed E-state index contributed by atoms with van der Waals surface area (Å²) in [6.07, 6.45) is 4.17. The molecule has 1 aliphatic heterocycles. The van der Waals surface area contributed by atoms with Crippen LogP contribution in [0.15, 0.2) is 18.2 Å². The van der Waals surface area contributed by atoms with Gasteiger partial charge in [-0.2, -0.15) is 0 Å². The van der Waals surface area contributed by atoms with Gasteiger partial charge in [0.1, 0.15) is 0 Å². The summed E-state index contributed by atoms with van der Waals surface area (Å²) < 4.78 is 0. The van der Waals surface area contributed by atoms with Crippen LogP contribution in [0.3, 0.4) is 0 Å². The van der Waals surface area contributed by atoms with E-state index in [2.05, 4.69) is 16.3 Å². The molecule has 0 aromatic heterocycles. The van der Waals surface area contributed by atoms with E-state index in [0.717, 1.165) is 37.1 Å². The number of likely N-dealkylation sites (tertiary alicyclic amines) is 1. The van der Waals surface area contributed by atoms with Crippen LogP contribution in [0, 0.1) is 13.8 Å². The zero-order valence-electron chi connectivity index (χ0n) is 13.1. The third-order valence-electron chi connectivity index (χ3n) is 4.21. The van der Waals surface area contributed by atoms with Crippen molar-refractivity contribution in [1.29, 1.82) is 0 Å². The molecule has 116 valence electrons. The van der Waals surface area contributed by atoms with Crippen molar-refractivity contribution in [3.8, 4) is 0 Å². The highest BCUT2D eigenvalue weighted by Gasteiger charge is 2.23. The minimum atomic E-state index is 0.0341. The van der Waals surface area contributed by atoms with Gasteiger partial charge in [0.05, 0.1) is 6.54 Å². The highest BCUT2D eigenvalue weighted by Crippen LogP contribution is 2.20. The monoisotopic (exact) mass is 290 g/mol. The topological polar surface area (TPSA) is 52.6 Å². The Morgan fingerprint density at radius 2 is 2.19 bits per heavy atom. The average Bonchev–Trinajstić information content (AvgIpc) is 2.44. The fourth-order valence-corrected chi connectivity index (χ4v) is 3.07. The van der Waals surface area contributed by atoms with E-state index in [9.17, 15) is 4.79 Å². The minimum absolute atomic E-state index is 0.0341. The molecule has 0 bridgehead atoms. The number of aliphatic hydroxyl groups is 1. The van der Waals surface area contributed by atoms with E-state index in [1.54, 1.807) is 0 Å². The number of anilines is 1. The summed E-state index contributed by atoms with van der Waals surface area (Å²) in [7, 11) is 0. The van der Waals surface area contributed by atoms with Crippen LogP contribution in [0.1, 0.15) is 36.8 Å². The van der Waals surface area contributed by atoms with Gasteiger partial charge in [0.25, 0.3) is 0 Å². The Balaban J connectivity index is 1.93. The number of aryl methyl sites for hydroxylation is 2. The second-order valence-electron chi connectivity index (χ2n) is 6.00. The van der Waals surface area contributed by atoms with Gasteiger partial charge in [-0.3, -0.25) is 9.69 Å². The molecular weight excluding hydrogens is 264 g/mol. The maximum absolute atomic E-state index is 12.3. The van der Waals surface area contributed by atoms with Crippen LogP contribution in [-0.2, 0) is 4.79 Å². The first kappa shape index (κ1) is 16.0. The molecule has 1 atom stereocenters. The number of carbonyl (C=O) groups excluding carboxylic acids is 1.